The molecule has 0 atom stereocenters. The molecular weight excluding hydrogens is 238 g/mol. The third-order valence-corrected chi connectivity index (χ3v) is 2.10. The molecule has 18 heavy (non-hydrogen) atoms. The maximum absolute atomic E-state index is 11.8. The van der Waals surface area contributed by atoms with Gasteiger partial charge in [0.25, 0.3) is 5.91 Å². The Bertz CT molecular complexity index is 448. The molecule has 2 amide bonds. The average Bonchev–Trinajstić information content (AvgIpc) is 2.34. The van der Waals surface area contributed by atoms with Gasteiger partial charge in [-0.05, 0) is 18.2 Å². The Hall–Kier alpha value is -2.44. The second-order valence-electron chi connectivity index (χ2n) is 3.38. The summed E-state index contributed by atoms with van der Waals surface area (Å²) in [6, 6.07) is 4.74. The summed E-state index contributed by atoms with van der Waals surface area (Å²) in [5, 5.41) is 2.55. The first-order valence-corrected chi connectivity index (χ1v) is 5.18. The minimum absolute atomic E-state index is 0.00566. The van der Waals surface area contributed by atoms with Crippen LogP contribution in [0, 0.1) is 0 Å². The van der Waals surface area contributed by atoms with Gasteiger partial charge in [0.1, 0.15) is 12.4 Å². The number of hydrogen-bond acceptors (Lipinski definition) is 5. The molecule has 0 heterocycles. The van der Waals surface area contributed by atoms with Crippen molar-refractivity contribution in [3.8, 4) is 5.75 Å². The van der Waals surface area contributed by atoms with Crippen LogP contribution in [0.25, 0.3) is 0 Å². The number of methoxy groups -OCH3 is 1. The third-order valence-electron chi connectivity index (χ3n) is 2.10. The molecule has 0 aliphatic rings. The number of amides is 2. The van der Waals surface area contributed by atoms with Crippen LogP contribution in [0.1, 0.15) is 10.4 Å². The molecular formula is C11H15N3O4. The third kappa shape index (κ3) is 3.85. The van der Waals surface area contributed by atoms with Crippen molar-refractivity contribution in [1.29, 1.82) is 0 Å². The van der Waals surface area contributed by atoms with Crippen LogP contribution >= 0.6 is 0 Å². The van der Waals surface area contributed by atoms with Crippen LogP contribution < -0.4 is 21.5 Å². The van der Waals surface area contributed by atoms with Crippen molar-refractivity contribution >= 4 is 17.7 Å². The molecule has 98 valence electrons. The number of rotatable bonds is 5. The Morgan fingerprint density at radius 3 is 2.72 bits per heavy atom. The van der Waals surface area contributed by atoms with Crippen molar-refractivity contribution in [1.82, 2.24) is 5.32 Å². The van der Waals surface area contributed by atoms with Gasteiger partial charge in [-0.1, -0.05) is 0 Å². The lowest BCUT2D eigenvalue weighted by Crippen LogP contribution is -2.29. The Morgan fingerprint density at radius 2 is 2.11 bits per heavy atom. The van der Waals surface area contributed by atoms with Gasteiger partial charge in [-0.3, -0.25) is 4.79 Å². The molecule has 1 rings (SSSR count). The number of carbonyl (C=O) groups is 2. The van der Waals surface area contributed by atoms with Gasteiger partial charge >= 0.3 is 6.09 Å². The van der Waals surface area contributed by atoms with E-state index in [1.807, 2.05) is 0 Å². The first kappa shape index (κ1) is 13.6. The first-order valence-electron chi connectivity index (χ1n) is 5.18. The van der Waals surface area contributed by atoms with E-state index in [1.54, 1.807) is 12.1 Å². The first-order chi connectivity index (χ1) is 8.54. The predicted octanol–water partition coefficient (Wildman–Crippen LogP) is 0.102. The van der Waals surface area contributed by atoms with E-state index in [4.69, 9.17) is 16.2 Å². The van der Waals surface area contributed by atoms with Crippen molar-refractivity contribution in [3.05, 3.63) is 23.8 Å². The summed E-state index contributed by atoms with van der Waals surface area (Å²) in [5.74, 6) is 0.0461. The van der Waals surface area contributed by atoms with Crippen LogP contribution in [0.15, 0.2) is 18.2 Å². The zero-order valence-electron chi connectivity index (χ0n) is 9.93. The lowest BCUT2D eigenvalue weighted by atomic mass is 10.1. The molecule has 7 nitrogen and oxygen atoms in total. The molecule has 0 fully saturated rings. The van der Waals surface area contributed by atoms with Gasteiger partial charge < -0.3 is 26.3 Å². The number of nitrogens with one attached hydrogen (secondary N) is 1. The van der Waals surface area contributed by atoms with Gasteiger partial charge in [-0.25, -0.2) is 4.79 Å². The Balaban J connectivity index is 2.60. The summed E-state index contributed by atoms with van der Waals surface area (Å²) in [4.78, 5) is 22.1. The van der Waals surface area contributed by atoms with E-state index >= 15 is 0 Å². The van der Waals surface area contributed by atoms with Crippen LogP contribution in [-0.4, -0.2) is 32.3 Å². The van der Waals surface area contributed by atoms with E-state index in [9.17, 15) is 9.59 Å². The number of hydrogen-bond donors (Lipinski definition) is 3. The Kier molecular flexibility index (Phi) is 4.79. The lowest BCUT2D eigenvalue weighted by molar-refractivity contribution is 0.0934. The van der Waals surface area contributed by atoms with Crippen molar-refractivity contribution in [2.24, 2.45) is 5.73 Å². The fourth-order valence-corrected chi connectivity index (χ4v) is 1.31. The number of nitrogens with two attached hydrogens (primary N) is 2. The zero-order valence-corrected chi connectivity index (χ0v) is 9.93. The van der Waals surface area contributed by atoms with Crippen LogP contribution in [-0.2, 0) is 4.74 Å². The number of benzene rings is 1. The van der Waals surface area contributed by atoms with E-state index < -0.39 is 6.09 Å². The maximum atomic E-state index is 11.8. The Labute approximate surface area is 104 Å². The maximum Gasteiger partial charge on any atom is 0.404 e. The van der Waals surface area contributed by atoms with Gasteiger partial charge in [0.05, 0.1) is 19.2 Å². The number of carbonyl (C=O) groups excluding carboxylic acids is 2. The highest BCUT2D eigenvalue weighted by Gasteiger charge is 2.12. The van der Waals surface area contributed by atoms with E-state index in [0.717, 1.165) is 0 Å². The minimum atomic E-state index is -0.884. The number of anilines is 1. The van der Waals surface area contributed by atoms with E-state index in [-0.39, 0.29) is 19.1 Å². The molecule has 1 aromatic carbocycles. The second-order valence-corrected chi connectivity index (χ2v) is 3.38. The van der Waals surface area contributed by atoms with Crippen LogP contribution in [0.3, 0.4) is 0 Å². The monoisotopic (exact) mass is 253 g/mol. The molecule has 0 radical (unpaired) electrons. The number of ether oxygens (including phenoxy) is 2. The number of nitrogen functional groups attached to an aromatic ring is 1. The van der Waals surface area contributed by atoms with Gasteiger partial charge in [0, 0.05) is 5.69 Å². The standard InChI is InChI=1S/C11H15N3O4/c1-17-9-3-2-7(12)6-8(9)10(15)14-4-5-18-11(13)16/h2-3,6H,4-5,12H2,1H3,(H2,13,16)(H,14,15). The smallest absolute Gasteiger partial charge is 0.404 e. The summed E-state index contributed by atoms with van der Waals surface area (Å²) in [6.07, 6.45) is -0.884. The van der Waals surface area contributed by atoms with Crippen LogP contribution in [0.2, 0.25) is 0 Å². The fraction of sp³-hybridized carbons (Fsp3) is 0.273. The fourth-order valence-electron chi connectivity index (χ4n) is 1.31. The average molecular weight is 253 g/mol. The van der Waals surface area contributed by atoms with Crippen molar-refractivity contribution < 1.29 is 19.1 Å². The van der Waals surface area contributed by atoms with Gasteiger partial charge in [0.2, 0.25) is 0 Å². The zero-order chi connectivity index (χ0) is 13.5. The molecule has 0 saturated carbocycles. The van der Waals surface area contributed by atoms with Gasteiger partial charge in [-0.2, -0.15) is 0 Å². The molecule has 5 N–H and O–H groups in total. The Morgan fingerprint density at radius 1 is 1.39 bits per heavy atom. The predicted molar refractivity (Wildman–Crippen MR) is 65.3 cm³/mol. The summed E-state index contributed by atoms with van der Waals surface area (Å²) in [5.41, 5.74) is 11.1. The lowest BCUT2D eigenvalue weighted by Gasteiger charge is -2.09. The molecule has 0 aromatic heterocycles. The van der Waals surface area contributed by atoms with Crippen LogP contribution in [0.5, 0.6) is 5.75 Å². The topological polar surface area (TPSA) is 117 Å². The minimum Gasteiger partial charge on any atom is -0.496 e. The highest BCUT2D eigenvalue weighted by molar-refractivity contribution is 5.97. The SMILES string of the molecule is COc1ccc(N)cc1C(=O)NCCOC(N)=O. The van der Waals surface area contributed by atoms with Crippen LogP contribution in [0.4, 0.5) is 10.5 Å². The van der Waals surface area contributed by atoms with Crippen molar-refractivity contribution in [2.75, 3.05) is 26.0 Å². The largest absolute Gasteiger partial charge is 0.496 e. The molecule has 0 aliphatic carbocycles. The molecule has 0 bridgehead atoms. The molecule has 1 aromatic rings. The summed E-state index contributed by atoms with van der Waals surface area (Å²) in [7, 11) is 1.46. The molecule has 0 unspecified atom stereocenters. The molecule has 0 spiro atoms. The van der Waals surface area contributed by atoms with E-state index in [1.165, 1.54) is 13.2 Å². The summed E-state index contributed by atoms with van der Waals surface area (Å²) < 4.78 is 9.52. The quantitative estimate of drug-likeness (QED) is 0.508. The van der Waals surface area contributed by atoms with Gasteiger partial charge in [0.15, 0.2) is 0 Å². The van der Waals surface area contributed by atoms with E-state index in [0.29, 0.717) is 17.0 Å². The molecule has 0 aliphatic heterocycles. The second kappa shape index (κ2) is 6.33. The van der Waals surface area contributed by atoms with Crippen molar-refractivity contribution in [2.45, 2.75) is 0 Å². The normalized spacial score (nSPS) is 9.61. The van der Waals surface area contributed by atoms with Crippen molar-refractivity contribution in [3.63, 3.8) is 0 Å². The number of primary amides is 1. The highest BCUT2D eigenvalue weighted by atomic mass is 16.5. The molecule has 7 heteroatoms. The van der Waals surface area contributed by atoms with E-state index in [2.05, 4.69) is 10.1 Å². The summed E-state index contributed by atoms with van der Waals surface area (Å²) >= 11 is 0. The summed E-state index contributed by atoms with van der Waals surface area (Å²) in [6.45, 7) is 0.158. The highest BCUT2D eigenvalue weighted by Crippen LogP contribution is 2.20. The molecule has 0 saturated heterocycles. The van der Waals surface area contributed by atoms with Gasteiger partial charge in [-0.15, -0.1) is 0 Å².